The highest BCUT2D eigenvalue weighted by Gasteiger charge is 2.48. The number of primary amides is 1. The fourth-order valence-corrected chi connectivity index (χ4v) is 16.1. The molecule has 0 aliphatic carbocycles. The second kappa shape index (κ2) is 48.4. The van der Waals surface area contributed by atoms with Gasteiger partial charge in [0, 0.05) is 79.1 Å². The molecule has 14 amide bonds. The summed E-state index contributed by atoms with van der Waals surface area (Å²) >= 11 is 11.5. The molecule has 3 fully saturated rings. The van der Waals surface area contributed by atoms with E-state index in [9.17, 15) is 82.8 Å². The van der Waals surface area contributed by atoms with Crippen LogP contribution in [0.25, 0.3) is 0 Å². The van der Waals surface area contributed by atoms with Crippen LogP contribution in [0.15, 0.2) is 64.7 Å². The van der Waals surface area contributed by atoms with E-state index in [0.29, 0.717) is 57.2 Å². The topological polar surface area (TPSA) is 487 Å². The molecule has 4 aliphatic heterocycles. The Morgan fingerprint density at radius 2 is 1.18 bits per heavy atom. The summed E-state index contributed by atoms with van der Waals surface area (Å²) in [7, 11) is 8.35. The van der Waals surface area contributed by atoms with E-state index in [-0.39, 0.29) is 110 Å². The zero-order valence-electron chi connectivity index (χ0n) is 71.4. The third-order valence-corrected chi connectivity index (χ3v) is 23.5. The van der Waals surface area contributed by atoms with Gasteiger partial charge in [0.25, 0.3) is 11.8 Å². The van der Waals surface area contributed by atoms with Gasteiger partial charge in [0.05, 0.1) is 67.7 Å². The number of amides is 14. The summed E-state index contributed by atoms with van der Waals surface area (Å²) in [5.41, 5.74) is 7.16. The van der Waals surface area contributed by atoms with Gasteiger partial charge >= 0.3 is 6.03 Å². The van der Waals surface area contributed by atoms with Crippen molar-refractivity contribution in [3.63, 3.8) is 0 Å². The van der Waals surface area contributed by atoms with Crippen molar-refractivity contribution in [2.45, 2.75) is 256 Å². The van der Waals surface area contributed by atoms with Crippen LogP contribution in [0.2, 0.25) is 0 Å². The third-order valence-electron chi connectivity index (χ3n) is 22.7. The van der Waals surface area contributed by atoms with Crippen LogP contribution in [-0.2, 0) is 89.3 Å². The Balaban J connectivity index is 0.990. The van der Waals surface area contributed by atoms with Gasteiger partial charge in [0.15, 0.2) is 0 Å². The molecule has 4 aliphatic rings. The lowest BCUT2D eigenvalue weighted by molar-refractivity contribution is -0.148. The first-order chi connectivity index (χ1) is 56.7. The highest BCUT2D eigenvalue weighted by Crippen LogP contribution is 2.33. The van der Waals surface area contributed by atoms with Crippen LogP contribution in [0.3, 0.4) is 0 Å². The fourth-order valence-electron chi connectivity index (χ4n) is 15.8. The van der Waals surface area contributed by atoms with E-state index in [2.05, 4.69) is 47.9 Å². The minimum Gasteiger partial charge on any atom is -0.388 e. The Labute approximate surface area is 712 Å². The minimum atomic E-state index is -1.63. The van der Waals surface area contributed by atoms with Crippen LogP contribution in [0.5, 0.6) is 0 Å². The molecule has 19 atom stereocenters. The maximum absolute atomic E-state index is 14.7. The van der Waals surface area contributed by atoms with E-state index in [4.69, 9.17) is 47.9 Å². The van der Waals surface area contributed by atoms with E-state index >= 15 is 0 Å². The van der Waals surface area contributed by atoms with Crippen molar-refractivity contribution in [3.8, 4) is 0 Å². The fraction of sp³-hybridized carbons (Fsp3) is 0.675. The first-order valence-electron chi connectivity index (χ1n) is 41.5. The van der Waals surface area contributed by atoms with Gasteiger partial charge in [-0.05, 0) is 106 Å². The summed E-state index contributed by atoms with van der Waals surface area (Å²) in [6, 6.07) is 9.18. The molecule has 6 rings (SSSR count). The number of halogens is 2. The number of hydrogen-bond acceptors (Lipinski definition) is 22. The van der Waals surface area contributed by atoms with Crippen molar-refractivity contribution in [1.82, 2.24) is 62.1 Å². The molecule has 4 heterocycles. The van der Waals surface area contributed by atoms with Gasteiger partial charge in [-0.15, -0.1) is 0 Å². The largest absolute Gasteiger partial charge is 0.388 e. The Hall–Kier alpha value is -8.49. The van der Waals surface area contributed by atoms with Gasteiger partial charge < -0.3 is 103 Å². The molecule has 3 saturated heterocycles. The number of anilines is 1. The van der Waals surface area contributed by atoms with Gasteiger partial charge in [0.1, 0.15) is 70.9 Å². The van der Waals surface area contributed by atoms with Crippen LogP contribution in [0.1, 0.15) is 150 Å². The number of likely N-dealkylation sites (N-methyl/N-ethyl adjacent to an activating group) is 2. The van der Waals surface area contributed by atoms with Gasteiger partial charge in [-0.1, -0.05) is 141 Å². The number of carbonyl (C=O) groups excluding carboxylic acids is 13. The van der Waals surface area contributed by atoms with Gasteiger partial charge in [0.2, 0.25) is 59.1 Å². The predicted octanol–water partition coefficient (Wildman–Crippen LogP) is 1.34. The summed E-state index contributed by atoms with van der Waals surface area (Å²) in [5.74, 6) is -8.22. The molecule has 37 heteroatoms. The van der Waals surface area contributed by atoms with E-state index in [0.717, 1.165) is 16.0 Å². The number of hydrogen-bond donors (Lipinski definition) is 14. The lowest BCUT2D eigenvalue weighted by atomic mass is 9.89. The monoisotopic (exact) mass is 1730 g/mol. The summed E-state index contributed by atoms with van der Waals surface area (Å²) < 4.78 is 23.8. The van der Waals surface area contributed by atoms with E-state index in [1.54, 1.807) is 61.9 Å². The smallest absolute Gasteiger partial charge is 0.312 e. The average molecular weight is 1730 g/mol. The molecule has 2 aromatic carbocycles. The molecule has 35 nitrogen and oxygen atoms in total. The van der Waals surface area contributed by atoms with Crippen molar-refractivity contribution in [2.24, 2.45) is 35.3 Å². The summed E-state index contributed by atoms with van der Waals surface area (Å²) in [5, 5.41) is 67.4. The minimum absolute atomic E-state index is 0.00479. The molecule has 0 bridgehead atoms. The number of rotatable bonds is 48. The molecule has 2 aromatic rings. The second-order valence-corrected chi connectivity index (χ2v) is 33.6. The summed E-state index contributed by atoms with van der Waals surface area (Å²) in [4.78, 5) is 181. The maximum Gasteiger partial charge on any atom is 0.312 e. The average Bonchev–Trinajstić information content (AvgIpc) is 1.22. The molecular weight excluding hydrogens is 1600 g/mol. The molecule has 0 radical (unpaired) electrons. The Morgan fingerprint density at radius 3 is 1.73 bits per heavy atom. The zero-order chi connectivity index (χ0) is 89.1. The van der Waals surface area contributed by atoms with Crippen molar-refractivity contribution >= 4 is 106 Å². The van der Waals surface area contributed by atoms with Crippen LogP contribution in [-0.4, -0.2) is 295 Å². The Bertz CT molecular complexity index is 3790. The van der Waals surface area contributed by atoms with Crippen LogP contribution >= 0.6 is 23.2 Å². The first-order valence-corrected chi connectivity index (χ1v) is 42.2. The lowest BCUT2D eigenvalue weighted by Crippen LogP contribution is -2.59. The number of nitrogens with two attached hydrogens (primary N) is 1. The highest BCUT2D eigenvalue weighted by atomic mass is 35.5. The lowest BCUT2D eigenvalue weighted by Gasteiger charge is -2.41. The summed E-state index contributed by atoms with van der Waals surface area (Å²) in [6.07, 6.45) is -9.95. The number of nitrogens with one attached hydrogen (secondary N) is 9. The number of urea groups is 1. The Morgan fingerprint density at radius 1 is 0.600 bits per heavy atom. The number of methoxy groups -OCH3 is 2. The molecule has 11 unspecified atom stereocenters. The number of imide groups is 1. The Kier molecular flexibility index (Phi) is 40.4. The first kappa shape index (κ1) is 100. The van der Waals surface area contributed by atoms with Gasteiger partial charge in [-0.2, -0.15) is 0 Å². The second-order valence-electron chi connectivity index (χ2n) is 32.8. The molecular formula is C83H128Cl2N14O21. The van der Waals surface area contributed by atoms with Crippen LogP contribution < -0.4 is 53.6 Å². The molecule has 670 valence electrons. The number of aliphatic hydroxyl groups excluding tert-OH is 4. The molecule has 15 N–H and O–H groups in total. The van der Waals surface area contributed by atoms with E-state index in [1.165, 1.54) is 14.2 Å². The number of unbranched alkanes of at least 4 members (excludes halogenated alkanes) is 2. The van der Waals surface area contributed by atoms with Crippen molar-refractivity contribution in [2.75, 3.05) is 79.9 Å². The number of ether oxygens (including phenoxy) is 4. The molecule has 0 saturated carbocycles. The predicted molar refractivity (Wildman–Crippen MR) is 445 cm³/mol. The molecule has 0 spiro atoms. The molecule has 0 aromatic heterocycles. The zero-order valence-corrected chi connectivity index (χ0v) is 72.9. The van der Waals surface area contributed by atoms with Crippen molar-refractivity contribution in [3.05, 3.63) is 75.8 Å². The number of nitrogens with zero attached hydrogens (tertiary/aromatic N) is 4. The normalized spacial score (nSPS) is 22.4. The molecule has 120 heavy (non-hydrogen) atoms. The van der Waals surface area contributed by atoms with E-state index in [1.807, 2.05) is 90.9 Å². The quantitative estimate of drug-likeness (QED) is 0.0328. The van der Waals surface area contributed by atoms with Crippen molar-refractivity contribution < 1.29 is 102 Å². The van der Waals surface area contributed by atoms with Crippen molar-refractivity contribution in [1.29, 1.82) is 0 Å². The van der Waals surface area contributed by atoms with E-state index < -0.39 is 187 Å². The number of aliphatic hydroxyl groups is 4. The van der Waals surface area contributed by atoms with Gasteiger partial charge in [-0.25, -0.2) is 4.79 Å². The van der Waals surface area contributed by atoms with Crippen LogP contribution in [0.4, 0.5) is 10.5 Å². The van der Waals surface area contributed by atoms with Crippen LogP contribution in [0, 0.1) is 29.6 Å². The SMILES string of the molecule is CC[C@H](C)C(C(CC(=O)N1CCCC1C(OC)C(C)C(=O)N[C@@H](Cc1ccccc1)C(=O)NCCc1ccc(NC(=O)C(CCCNC(N)=O)NC(=O)[C@H](NC(=O)C[C@@H]2O[C@H](CNC(=O)CC3OC(CNC(=O)CCCCCN4C(=O)C(Cl)=C(Cl)C4=O)[C@@H](O)[C@H]3O)C(O)C2O)C(C)C)cc1)OC)N(C)C(=O)[C@@H](NC(=O)C(C(C)C)N(C)C)C(C)C. The third kappa shape index (κ3) is 28.6. The number of carbonyl (C=O) groups is 13. The summed E-state index contributed by atoms with van der Waals surface area (Å²) in [6.45, 7) is 16.7. The standard InChI is InChI=1S/C83H128Cl2N14O21/c1-15-47(8)69(97(12)82(115)67(45(4)5)95-79(112)68(46(6)7)96(10)11)55(117-13)41-63(103)98-37-23-27-54(98)74(118-14)48(9)75(108)93-53(38-50-24-18-16-19-25-50)76(109)87-35-33-49-29-31-51(32-30-49)91-77(110)52(26-22-34-88-83(86)116)92-78(111)66(44(2)3)94-62(102)40-57-71(105)73(107)59(120-57)43-90-61(101)39-56-70(104)72(106)58(119-56)42-89-60(100)28-20-17-21-36-99-80(113)64(84)65(85)81(99)114/h16,18-19,24-25,29-32,44-48,52-59,66-74,104-107H,15,17,20-23,26-28,33-43H2,1-14H3,(H,87,109)(H,89,100)(H,90,101)(H,91,110)(H,92,111)(H,93,108)(H,94,102)(H,95,112)(H3,86,88,116)/t47-,48?,52?,53-,54?,55?,56?,57-,58?,59+,66+,67-,68?,69?,70-,71?,72+,73?,74?/m0/s1. The maximum atomic E-state index is 14.7. The number of benzene rings is 2. The number of likely N-dealkylation sites (tertiary alicyclic amines) is 1. The highest BCUT2D eigenvalue weighted by molar-refractivity contribution is 6.58. The van der Waals surface area contributed by atoms with Gasteiger partial charge in [-0.3, -0.25) is 67.3 Å².